The van der Waals surface area contributed by atoms with Gasteiger partial charge in [-0.05, 0) is 37.0 Å². The molecule has 1 aliphatic heterocycles. The summed E-state index contributed by atoms with van der Waals surface area (Å²) in [6.45, 7) is 0.871. The molecule has 5 nitrogen and oxygen atoms in total. The Balaban J connectivity index is 2.08. The summed E-state index contributed by atoms with van der Waals surface area (Å²) in [6, 6.07) is 3.33. The van der Waals surface area contributed by atoms with Crippen molar-refractivity contribution in [1.29, 1.82) is 0 Å². The molecule has 7 heteroatoms. The molecule has 24 heavy (non-hydrogen) atoms. The highest BCUT2D eigenvalue weighted by molar-refractivity contribution is 5.81. The van der Waals surface area contributed by atoms with E-state index in [0.717, 1.165) is 12.1 Å². The van der Waals surface area contributed by atoms with Gasteiger partial charge in [-0.3, -0.25) is 9.59 Å². The van der Waals surface area contributed by atoms with E-state index < -0.39 is 23.0 Å². The zero-order valence-corrected chi connectivity index (χ0v) is 13.6. The molecule has 0 saturated carbocycles. The molecule has 1 saturated heterocycles. The van der Waals surface area contributed by atoms with Gasteiger partial charge in [0.05, 0.1) is 11.8 Å². The fourth-order valence-corrected chi connectivity index (χ4v) is 3.06. The fourth-order valence-electron chi connectivity index (χ4n) is 3.06. The number of rotatable bonds is 6. The van der Waals surface area contributed by atoms with Crippen LogP contribution in [-0.2, 0) is 20.7 Å². The van der Waals surface area contributed by atoms with Gasteiger partial charge >= 0.3 is 5.97 Å². The Morgan fingerprint density at radius 2 is 2.08 bits per heavy atom. The maximum absolute atomic E-state index is 13.2. The van der Waals surface area contributed by atoms with E-state index in [-0.39, 0.29) is 18.9 Å². The number of ether oxygens (including phenoxy) is 1. The average Bonchev–Trinajstić information content (AvgIpc) is 2.56. The lowest BCUT2D eigenvalue weighted by atomic mass is 9.77. The summed E-state index contributed by atoms with van der Waals surface area (Å²) in [7, 11) is 1.50. The molecule has 1 aliphatic rings. The van der Waals surface area contributed by atoms with Crippen molar-refractivity contribution in [3.63, 3.8) is 0 Å². The Labute approximate surface area is 139 Å². The van der Waals surface area contributed by atoms with Crippen LogP contribution >= 0.6 is 0 Å². The lowest BCUT2D eigenvalue weighted by Crippen LogP contribution is -2.50. The summed E-state index contributed by atoms with van der Waals surface area (Å²) >= 11 is 0. The Morgan fingerprint density at radius 3 is 2.71 bits per heavy atom. The van der Waals surface area contributed by atoms with Crippen molar-refractivity contribution in [3.8, 4) is 0 Å². The highest BCUT2D eigenvalue weighted by Gasteiger charge is 2.43. The molecule has 2 rings (SSSR count). The number of hydrogen-bond acceptors (Lipinski definition) is 3. The van der Waals surface area contributed by atoms with Gasteiger partial charge in [-0.15, -0.1) is 0 Å². The number of carbonyl (C=O) groups excluding carboxylic acids is 1. The fraction of sp³-hybridized carbons (Fsp3) is 0.529. The highest BCUT2D eigenvalue weighted by atomic mass is 19.2. The number of methoxy groups -OCH3 is 1. The van der Waals surface area contributed by atoms with Crippen LogP contribution in [0, 0.1) is 17.0 Å². The third-order valence-electron chi connectivity index (χ3n) is 4.51. The molecule has 1 fully saturated rings. The third-order valence-corrected chi connectivity index (χ3v) is 4.51. The van der Waals surface area contributed by atoms with Gasteiger partial charge in [0.2, 0.25) is 5.91 Å². The minimum absolute atomic E-state index is 0.0861. The van der Waals surface area contributed by atoms with Crippen LogP contribution in [0.25, 0.3) is 0 Å². The molecule has 1 atom stereocenters. The second-order valence-corrected chi connectivity index (χ2v) is 6.17. The number of amides is 1. The number of nitrogens with zero attached hydrogens (tertiary/aromatic N) is 1. The zero-order chi connectivity index (χ0) is 17.7. The van der Waals surface area contributed by atoms with Crippen molar-refractivity contribution in [2.75, 3.05) is 26.8 Å². The van der Waals surface area contributed by atoms with Crippen molar-refractivity contribution in [2.45, 2.75) is 25.7 Å². The van der Waals surface area contributed by atoms with E-state index in [9.17, 15) is 23.5 Å². The standard InChI is InChI=1S/C17H21F2NO4/c1-24-8-6-17(16(22)23)5-2-7-20(11-17)15(21)10-12-3-4-13(18)14(19)9-12/h3-4,9H,2,5-8,10-11H2,1H3,(H,22,23)/t17-/m0/s1. The molecular weight excluding hydrogens is 320 g/mol. The smallest absolute Gasteiger partial charge is 0.311 e. The zero-order valence-electron chi connectivity index (χ0n) is 13.6. The number of carbonyl (C=O) groups is 2. The number of hydrogen-bond donors (Lipinski definition) is 1. The third kappa shape index (κ3) is 4.08. The number of halogens is 2. The number of likely N-dealkylation sites (tertiary alicyclic amines) is 1. The van der Waals surface area contributed by atoms with Crippen LogP contribution in [0.5, 0.6) is 0 Å². The molecule has 1 heterocycles. The lowest BCUT2D eigenvalue weighted by molar-refractivity contribution is -0.156. The minimum Gasteiger partial charge on any atom is -0.481 e. The maximum Gasteiger partial charge on any atom is 0.311 e. The highest BCUT2D eigenvalue weighted by Crippen LogP contribution is 2.34. The summed E-state index contributed by atoms with van der Waals surface area (Å²) in [5.74, 6) is -3.19. The van der Waals surface area contributed by atoms with E-state index in [1.54, 1.807) is 0 Å². The number of carboxylic acids is 1. The van der Waals surface area contributed by atoms with Gasteiger partial charge in [-0.1, -0.05) is 6.07 Å². The van der Waals surface area contributed by atoms with Gasteiger partial charge in [-0.25, -0.2) is 8.78 Å². The molecule has 1 aromatic rings. The molecule has 0 spiro atoms. The molecule has 0 radical (unpaired) electrons. The van der Waals surface area contributed by atoms with Gasteiger partial charge in [-0.2, -0.15) is 0 Å². The first-order valence-electron chi connectivity index (χ1n) is 7.82. The van der Waals surface area contributed by atoms with Gasteiger partial charge in [0, 0.05) is 26.8 Å². The first-order chi connectivity index (χ1) is 11.4. The molecule has 0 aliphatic carbocycles. The molecule has 0 unspecified atom stereocenters. The van der Waals surface area contributed by atoms with Gasteiger partial charge in [0.1, 0.15) is 0 Å². The molecule has 1 N–H and O–H groups in total. The van der Waals surface area contributed by atoms with E-state index in [2.05, 4.69) is 0 Å². The van der Waals surface area contributed by atoms with E-state index >= 15 is 0 Å². The first kappa shape index (κ1) is 18.3. The largest absolute Gasteiger partial charge is 0.481 e. The Kier molecular flexibility index (Phi) is 5.88. The van der Waals surface area contributed by atoms with E-state index in [0.29, 0.717) is 38.0 Å². The van der Waals surface area contributed by atoms with Crippen molar-refractivity contribution in [2.24, 2.45) is 5.41 Å². The Bertz CT molecular complexity index is 623. The van der Waals surface area contributed by atoms with Gasteiger partial charge in [0.25, 0.3) is 0 Å². The Hall–Kier alpha value is -2.02. The average molecular weight is 341 g/mol. The number of carboxylic acid groups (broad SMARTS) is 1. The van der Waals surface area contributed by atoms with Crippen molar-refractivity contribution in [3.05, 3.63) is 35.4 Å². The molecular formula is C17H21F2NO4. The monoisotopic (exact) mass is 341 g/mol. The quantitative estimate of drug-likeness (QED) is 0.862. The van der Waals surface area contributed by atoms with Crippen molar-refractivity contribution < 1.29 is 28.2 Å². The summed E-state index contributed by atoms with van der Waals surface area (Å²) in [4.78, 5) is 25.6. The van der Waals surface area contributed by atoms with Crippen LogP contribution in [0.3, 0.4) is 0 Å². The maximum atomic E-state index is 13.2. The first-order valence-corrected chi connectivity index (χ1v) is 7.82. The van der Waals surface area contributed by atoms with Crippen LogP contribution in [0.1, 0.15) is 24.8 Å². The van der Waals surface area contributed by atoms with E-state index in [1.807, 2.05) is 0 Å². The number of benzene rings is 1. The van der Waals surface area contributed by atoms with Crippen LogP contribution < -0.4 is 0 Å². The predicted octanol–water partition coefficient (Wildman–Crippen LogP) is 2.24. The van der Waals surface area contributed by atoms with Crippen LogP contribution in [0.15, 0.2) is 18.2 Å². The summed E-state index contributed by atoms with van der Waals surface area (Å²) in [5, 5.41) is 9.59. The second-order valence-electron chi connectivity index (χ2n) is 6.17. The van der Waals surface area contributed by atoms with E-state index in [1.165, 1.54) is 18.1 Å². The molecule has 1 aromatic carbocycles. The molecule has 0 aromatic heterocycles. The summed E-state index contributed by atoms with van der Waals surface area (Å²) < 4.78 is 31.2. The van der Waals surface area contributed by atoms with Gasteiger partial charge < -0.3 is 14.7 Å². The van der Waals surface area contributed by atoms with Crippen molar-refractivity contribution >= 4 is 11.9 Å². The molecule has 0 bridgehead atoms. The number of aliphatic carboxylic acids is 1. The van der Waals surface area contributed by atoms with Gasteiger partial charge in [0.15, 0.2) is 11.6 Å². The normalized spacial score (nSPS) is 20.9. The summed E-state index contributed by atoms with van der Waals surface area (Å²) in [5.41, 5.74) is -0.653. The minimum atomic E-state index is -1.02. The molecule has 1 amide bonds. The lowest BCUT2D eigenvalue weighted by Gasteiger charge is -2.40. The SMILES string of the molecule is COCC[C@@]1(C(=O)O)CCCN(C(=O)Cc2ccc(F)c(F)c2)C1. The Morgan fingerprint density at radius 1 is 1.33 bits per heavy atom. The summed E-state index contributed by atoms with van der Waals surface area (Å²) in [6.07, 6.45) is 1.31. The molecule has 132 valence electrons. The van der Waals surface area contributed by atoms with Crippen molar-refractivity contribution in [1.82, 2.24) is 4.90 Å². The topological polar surface area (TPSA) is 66.8 Å². The van der Waals surface area contributed by atoms with E-state index in [4.69, 9.17) is 4.74 Å². The second kappa shape index (κ2) is 7.70. The number of piperidine rings is 1. The van der Waals surface area contributed by atoms with Crippen LogP contribution in [-0.4, -0.2) is 48.7 Å². The van der Waals surface area contributed by atoms with Crippen LogP contribution in [0.2, 0.25) is 0 Å². The van der Waals surface area contributed by atoms with Crippen LogP contribution in [0.4, 0.5) is 8.78 Å². The predicted molar refractivity (Wildman–Crippen MR) is 82.4 cm³/mol.